The van der Waals surface area contributed by atoms with Gasteiger partial charge < -0.3 is 10.4 Å². The number of carboxylic acid groups (broad SMARTS) is 1. The number of carbonyl (C=O) groups excluding carboxylic acids is 2. The van der Waals surface area contributed by atoms with Crippen LogP contribution in [0.15, 0.2) is 33.1 Å². The van der Waals surface area contributed by atoms with E-state index in [0.717, 1.165) is 14.2 Å². The molecule has 3 atom stereocenters. The smallest absolute Gasteiger partial charge is 0.352 e. The Bertz CT molecular complexity index is 1020. The van der Waals surface area contributed by atoms with Crippen LogP contribution < -0.4 is 5.32 Å². The maximum atomic E-state index is 12.8. The molecule has 30 heavy (non-hydrogen) atoms. The van der Waals surface area contributed by atoms with Gasteiger partial charge in [-0.3, -0.25) is 14.5 Å². The van der Waals surface area contributed by atoms with Gasteiger partial charge in [0.1, 0.15) is 22.1 Å². The number of hydrogen-bond donors (Lipinski definition) is 2. The number of nitrogens with zero attached hydrogens (tertiary/aromatic N) is 3. The summed E-state index contributed by atoms with van der Waals surface area (Å²) >= 11 is 5.84. The molecule has 2 aliphatic heterocycles. The molecular weight excluding hydrogens is 464 g/mol. The first-order valence-electron chi connectivity index (χ1n) is 9.04. The van der Waals surface area contributed by atoms with Crippen molar-refractivity contribution in [1.29, 1.82) is 0 Å². The SMILES string of the molecule is Cc1nnc(SCC2=C(C(=O)O)N3C(=O)C(NC(=O)Cc4cccs4)[C@@H]3S[C@H]2C)s1. The zero-order valence-corrected chi connectivity index (χ0v) is 19.3. The van der Waals surface area contributed by atoms with Gasteiger partial charge in [-0.25, -0.2) is 4.79 Å². The Kier molecular flexibility index (Phi) is 6.19. The minimum Gasteiger partial charge on any atom is -0.477 e. The lowest BCUT2D eigenvalue weighted by molar-refractivity contribution is -0.150. The first-order valence-corrected chi connectivity index (χ1v) is 12.7. The summed E-state index contributed by atoms with van der Waals surface area (Å²) in [5, 5.41) is 22.9. The minimum absolute atomic E-state index is 0.0220. The third-order valence-electron chi connectivity index (χ3n) is 4.72. The van der Waals surface area contributed by atoms with E-state index in [1.165, 1.54) is 51.1 Å². The third-order valence-corrected chi connectivity index (χ3v) is 9.07. The predicted molar refractivity (Wildman–Crippen MR) is 118 cm³/mol. The molecule has 2 N–H and O–H groups in total. The number of β-lactam (4-membered cyclic amide) rings is 1. The van der Waals surface area contributed by atoms with Crippen LogP contribution in [-0.2, 0) is 20.8 Å². The molecule has 158 valence electrons. The summed E-state index contributed by atoms with van der Waals surface area (Å²) in [5.74, 6) is -1.34. The summed E-state index contributed by atoms with van der Waals surface area (Å²) in [7, 11) is 0. The fourth-order valence-electron chi connectivity index (χ4n) is 3.31. The highest BCUT2D eigenvalue weighted by Crippen LogP contribution is 2.45. The van der Waals surface area contributed by atoms with E-state index in [4.69, 9.17) is 0 Å². The van der Waals surface area contributed by atoms with Crippen molar-refractivity contribution in [2.24, 2.45) is 0 Å². The van der Waals surface area contributed by atoms with Gasteiger partial charge in [0.25, 0.3) is 5.91 Å². The van der Waals surface area contributed by atoms with Crippen LogP contribution in [0.2, 0.25) is 0 Å². The molecule has 0 spiro atoms. The Labute approximate surface area is 189 Å². The van der Waals surface area contributed by atoms with Crippen molar-refractivity contribution in [1.82, 2.24) is 20.4 Å². The Balaban J connectivity index is 1.49. The van der Waals surface area contributed by atoms with Crippen LogP contribution in [0.1, 0.15) is 16.8 Å². The summed E-state index contributed by atoms with van der Waals surface area (Å²) < 4.78 is 0.762. The van der Waals surface area contributed by atoms with Crippen molar-refractivity contribution in [2.75, 3.05) is 5.75 Å². The molecule has 1 saturated heterocycles. The zero-order chi connectivity index (χ0) is 21.4. The number of carboxylic acids is 1. The second-order valence-corrected chi connectivity index (χ2v) is 11.6. The number of aromatic nitrogens is 2. The van der Waals surface area contributed by atoms with Crippen LogP contribution in [-0.4, -0.2) is 60.4 Å². The number of amides is 2. The van der Waals surface area contributed by atoms with Gasteiger partial charge in [-0.2, -0.15) is 0 Å². The van der Waals surface area contributed by atoms with Crippen molar-refractivity contribution < 1.29 is 19.5 Å². The number of aryl methyl sites for hydroxylation is 1. The highest BCUT2D eigenvalue weighted by molar-refractivity contribution is 8.02. The highest BCUT2D eigenvalue weighted by atomic mass is 32.2. The van der Waals surface area contributed by atoms with Crippen molar-refractivity contribution >= 4 is 64.0 Å². The fourth-order valence-corrected chi connectivity index (χ4v) is 7.52. The van der Waals surface area contributed by atoms with Gasteiger partial charge in [0.05, 0.1) is 6.42 Å². The van der Waals surface area contributed by atoms with E-state index >= 15 is 0 Å². The topological polar surface area (TPSA) is 112 Å². The molecule has 1 unspecified atom stereocenters. The lowest BCUT2D eigenvalue weighted by atomic mass is 10.0. The Hall–Kier alpha value is -1.89. The van der Waals surface area contributed by atoms with Gasteiger partial charge in [0.2, 0.25) is 5.91 Å². The molecule has 12 heteroatoms. The molecule has 2 amide bonds. The number of hydrogen-bond acceptors (Lipinski definition) is 9. The van der Waals surface area contributed by atoms with Gasteiger partial charge in [0, 0.05) is 15.9 Å². The summed E-state index contributed by atoms with van der Waals surface area (Å²) in [5.41, 5.74) is 0.701. The van der Waals surface area contributed by atoms with E-state index in [-0.39, 0.29) is 29.2 Å². The molecule has 0 radical (unpaired) electrons. The van der Waals surface area contributed by atoms with Gasteiger partial charge in [0.15, 0.2) is 4.34 Å². The van der Waals surface area contributed by atoms with Crippen molar-refractivity contribution in [2.45, 2.75) is 41.3 Å². The first-order chi connectivity index (χ1) is 14.3. The number of thiophene rings is 1. The second kappa shape index (κ2) is 8.69. The van der Waals surface area contributed by atoms with E-state index < -0.39 is 17.4 Å². The molecule has 2 aliphatic rings. The van der Waals surface area contributed by atoms with Crippen molar-refractivity contribution in [3.8, 4) is 0 Å². The lowest BCUT2D eigenvalue weighted by Crippen LogP contribution is -2.71. The fraction of sp³-hybridized carbons (Fsp3) is 0.389. The summed E-state index contributed by atoms with van der Waals surface area (Å²) in [6, 6.07) is 3.03. The van der Waals surface area contributed by atoms with E-state index in [9.17, 15) is 19.5 Å². The Morgan fingerprint density at radius 3 is 2.80 bits per heavy atom. The average Bonchev–Trinajstić information content (AvgIpc) is 3.35. The van der Waals surface area contributed by atoms with Crippen LogP contribution >= 0.6 is 46.2 Å². The molecule has 4 rings (SSSR count). The maximum absolute atomic E-state index is 12.8. The van der Waals surface area contributed by atoms with Crippen molar-refractivity contribution in [3.63, 3.8) is 0 Å². The number of thioether (sulfide) groups is 2. The number of rotatable bonds is 7. The van der Waals surface area contributed by atoms with Crippen LogP contribution in [0.25, 0.3) is 0 Å². The van der Waals surface area contributed by atoms with E-state index in [1.807, 2.05) is 31.4 Å². The zero-order valence-electron chi connectivity index (χ0n) is 16.0. The Morgan fingerprint density at radius 2 is 2.17 bits per heavy atom. The molecule has 0 saturated carbocycles. The van der Waals surface area contributed by atoms with Gasteiger partial charge >= 0.3 is 5.97 Å². The standard InChI is InChI=1S/C18H18N4O4S4/c1-8-11(7-28-18-21-20-9(2)30-18)14(17(25)26)22-15(24)13(16(22)29-8)19-12(23)6-10-4-3-5-27-10/h3-5,8,13,16H,6-7H2,1-2H3,(H,19,23)(H,25,26)/t8-,13?,16-/m0/s1. The molecular formula is C18H18N4O4S4. The van der Waals surface area contributed by atoms with E-state index in [1.54, 1.807) is 0 Å². The number of nitrogens with one attached hydrogen (secondary N) is 1. The summed E-state index contributed by atoms with van der Waals surface area (Å²) in [4.78, 5) is 39.3. The monoisotopic (exact) mass is 482 g/mol. The largest absolute Gasteiger partial charge is 0.477 e. The predicted octanol–water partition coefficient (Wildman–Crippen LogP) is 2.37. The molecule has 2 aromatic rings. The molecule has 8 nitrogen and oxygen atoms in total. The van der Waals surface area contributed by atoms with Crippen LogP contribution in [0.3, 0.4) is 0 Å². The van der Waals surface area contributed by atoms with Crippen LogP contribution in [0.5, 0.6) is 0 Å². The van der Waals surface area contributed by atoms with E-state index in [2.05, 4.69) is 15.5 Å². The van der Waals surface area contributed by atoms with Crippen LogP contribution in [0, 0.1) is 6.92 Å². The molecule has 0 bridgehead atoms. The summed E-state index contributed by atoms with van der Waals surface area (Å²) in [6.45, 7) is 3.79. The Morgan fingerprint density at radius 1 is 1.37 bits per heavy atom. The highest BCUT2D eigenvalue weighted by Gasteiger charge is 2.55. The maximum Gasteiger partial charge on any atom is 0.352 e. The average molecular weight is 483 g/mol. The van der Waals surface area contributed by atoms with Gasteiger partial charge in [-0.05, 0) is 30.9 Å². The molecule has 0 aromatic carbocycles. The molecule has 4 heterocycles. The van der Waals surface area contributed by atoms with Crippen molar-refractivity contribution in [3.05, 3.63) is 38.7 Å². The van der Waals surface area contributed by atoms with Gasteiger partial charge in [-0.15, -0.1) is 33.3 Å². The van der Waals surface area contributed by atoms with E-state index in [0.29, 0.717) is 11.3 Å². The summed E-state index contributed by atoms with van der Waals surface area (Å²) in [6.07, 6.45) is 0.208. The quantitative estimate of drug-likeness (QED) is 0.457. The molecule has 2 aromatic heterocycles. The molecule has 0 aliphatic carbocycles. The lowest BCUT2D eigenvalue weighted by Gasteiger charge is -2.51. The number of aliphatic carboxylic acids is 1. The second-order valence-electron chi connectivity index (χ2n) is 6.73. The van der Waals surface area contributed by atoms with Gasteiger partial charge in [-0.1, -0.05) is 29.2 Å². The number of fused-ring (bicyclic) bond motifs is 1. The van der Waals surface area contributed by atoms with Crippen LogP contribution in [0.4, 0.5) is 0 Å². The number of carbonyl (C=O) groups is 3. The molecule has 1 fully saturated rings. The third kappa shape index (κ3) is 4.13. The normalized spacial score (nSPS) is 23.2. The first kappa shape index (κ1) is 21.3. The minimum atomic E-state index is -1.13.